The number of esters is 1. The molecule has 36 heavy (non-hydrogen) atoms. The summed E-state index contributed by atoms with van der Waals surface area (Å²) in [5.41, 5.74) is 3.03. The van der Waals surface area contributed by atoms with Crippen molar-refractivity contribution in [1.82, 2.24) is 0 Å². The first-order valence-corrected chi connectivity index (χ1v) is 13.8. The number of anilines is 2. The highest BCUT2D eigenvalue weighted by molar-refractivity contribution is 8.00. The zero-order valence-corrected chi connectivity index (χ0v) is 22.3. The fraction of sp³-hybridized carbons (Fsp3) is 0.321. The molecule has 0 bridgehead atoms. The van der Waals surface area contributed by atoms with Crippen molar-refractivity contribution in [1.29, 1.82) is 0 Å². The number of rotatable bonds is 8. The number of thioether (sulfide) groups is 1. The van der Waals surface area contributed by atoms with Crippen LogP contribution in [0.4, 0.5) is 10.7 Å². The van der Waals surface area contributed by atoms with Crippen molar-refractivity contribution < 1.29 is 19.1 Å². The van der Waals surface area contributed by atoms with Gasteiger partial charge < -0.3 is 15.4 Å². The first kappa shape index (κ1) is 26.0. The van der Waals surface area contributed by atoms with Gasteiger partial charge in [-0.05, 0) is 61.4 Å². The molecule has 0 saturated carbocycles. The van der Waals surface area contributed by atoms with E-state index < -0.39 is 5.25 Å². The molecule has 1 aliphatic carbocycles. The number of amides is 2. The molecule has 2 atom stereocenters. The van der Waals surface area contributed by atoms with Crippen LogP contribution in [0.1, 0.15) is 58.8 Å². The van der Waals surface area contributed by atoms with Crippen molar-refractivity contribution in [2.45, 2.75) is 50.2 Å². The van der Waals surface area contributed by atoms with E-state index in [1.54, 1.807) is 6.92 Å². The molecule has 1 aromatic heterocycles. The van der Waals surface area contributed by atoms with Crippen LogP contribution in [-0.2, 0) is 27.2 Å². The van der Waals surface area contributed by atoms with Gasteiger partial charge in [0.2, 0.25) is 11.8 Å². The lowest BCUT2D eigenvalue weighted by molar-refractivity contribution is -0.116. The largest absolute Gasteiger partial charge is 0.462 e. The molecule has 2 amide bonds. The monoisotopic (exact) mass is 522 g/mol. The van der Waals surface area contributed by atoms with E-state index in [2.05, 4.69) is 17.6 Å². The molecule has 0 fully saturated rings. The minimum Gasteiger partial charge on any atom is -0.462 e. The first-order chi connectivity index (χ1) is 17.4. The normalized spacial score (nSPS) is 15.5. The number of thiophene rings is 1. The Labute approximate surface area is 219 Å². The van der Waals surface area contributed by atoms with Crippen molar-refractivity contribution in [3.8, 4) is 0 Å². The number of hydrogen-bond acceptors (Lipinski definition) is 6. The minimum atomic E-state index is -0.563. The van der Waals surface area contributed by atoms with Gasteiger partial charge >= 0.3 is 5.97 Å². The molecule has 3 aromatic rings. The lowest BCUT2D eigenvalue weighted by Gasteiger charge is -2.19. The van der Waals surface area contributed by atoms with Gasteiger partial charge in [0.05, 0.1) is 12.2 Å². The number of carbonyl (C=O) groups is 3. The fourth-order valence-corrected chi connectivity index (χ4v) is 6.81. The summed E-state index contributed by atoms with van der Waals surface area (Å²) in [6, 6.07) is 17.0. The molecule has 2 aromatic carbocycles. The highest BCUT2D eigenvalue weighted by atomic mass is 32.2. The average Bonchev–Trinajstić information content (AvgIpc) is 3.19. The lowest BCUT2D eigenvalue weighted by atomic mass is 9.88. The van der Waals surface area contributed by atoms with Gasteiger partial charge in [-0.1, -0.05) is 43.3 Å². The molecule has 4 rings (SSSR count). The Bertz CT molecular complexity index is 1260. The molecular weight excluding hydrogens is 492 g/mol. The third-order valence-electron chi connectivity index (χ3n) is 5.98. The van der Waals surface area contributed by atoms with Crippen molar-refractivity contribution in [2.75, 3.05) is 17.2 Å². The summed E-state index contributed by atoms with van der Waals surface area (Å²) < 4.78 is 5.36. The fourth-order valence-electron chi connectivity index (χ4n) is 4.32. The van der Waals surface area contributed by atoms with E-state index in [0.717, 1.165) is 40.2 Å². The van der Waals surface area contributed by atoms with Gasteiger partial charge in [-0.3, -0.25) is 9.59 Å². The number of carbonyl (C=O) groups excluding carboxylic acids is 3. The smallest absolute Gasteiger partial charge is 0.341 e. The van der Waals surface area contributed by atoms with Crippen LogP contribution in [0.25, 0.3) is 0 Å². The summed E-state index contributed by atoms with van der Waals surface area (Å²) in [6.07, 6.45) is 2.72. The first-order valence-electron chi connectivity index (χ1n) is 12.1. The standard InChI is InChI=1S/C28H30N2O4S2/c1-4-34-28(33)24-22-14-13-17(2)15-23(22)36-27(24)30-26(32)25(19-9-6-5-7-10-19)35-21-12-8-11-20(16-21)29-18(3)31/h5-12,16-17,25H,4,13-15H2,1-3H3,(H,29,31)(H,30,32). The summed E-state index contributed by atoms with van der Waals surface area (Å²) in [4.78, 5) is 40.1. The van der Waals surface area contributed by atoms with Crippen molar-refractivity contribution in [2.24, 2.45) is 5.92 Å². The zero-order valence-electron chi connectivity index (χ0n) is 20.6. The van der Waals surface area contributed by atoms with Gasteiger partial charge in [-0.15, -0.1) is 23.1 Å². The van der Waals surface area contributed by atoms with Gasteiger partial charge in [0, 0.05) is 22.4 Å². The SMILES string of the molecule is CCOC(=O)c1c(NC(=O)C(Sc2cccc(NC(C)=O)c2)c2ccccc2)sc2c1CCC(C)C2. The van der Waals surface area contributed by atoms with Crippen LogP contribution in [0.15, 0.2) is 59.5 Å². The maximum Gasteiger partial charge on any atom is 0.341 e. The topological polar surface area (TPSA) is 84.5 Å². The highest BCUT2D eigenvalue weighted by Gasteiger charge is 2.31. The van der Waals surface area contributed by atoms with Crippen LogP contribution >= 0.6 is 23.1 Å². The van der Waals surface area contributed by atoms with E-state index in [1.165, 1.54) is 30.0 Å². The molecule has 0 aliphatic heterocycles. The van der Waals surface area contributed by atoms with Crippen LogP contribution in [0.2, 0.25) is 0 Å². The van der Waals surface area contributed by atoms with Gasteiger partial charge in [0.1, 0.15) is 10.3 Å². The predicted molar refractivity (Wildman–Crippen MR) is 146 cm³/mol. The highest BCUT2D eigenvalue weighted by Crippen LogP contribution is 2.42. The van der Waals surface area contributed by atoms with Crippen LogP contribution in [0.5, 0.6) is 0 Å². The van der Waals surface area contributed by atoms with Gasteiger partial charge in [-0.25, -0.2) is 4.79 Å². The molecule has 1 aliphatic rings. The number of fused-ring (bicyclic) bond motifs is 1. The number of nitrogens with one attached hydrogen (secondary N) is 2. The molecule has 2 N–H and O–H groups in total. The number of hydrogen-bond donors (Lipinski definition) is 2. The molecule has 0 saturated heterocycles. The molecule has 6 nitrogen and oxygen atoms in total. The molecule has 0 radical (unpaired) electrons. The number of benzene rings is 2. The second-order valence-electron chi connectivity index (χ2n) is 8.88. The summed E-state index contributed by atoms with van der Waals surface area (Å²) >= 11 is 2.88. The van der Waals surface area contributed by atoms with Gasteiger partial charge in [-0.2, -0.15) is 0 Å². The van der Waals surface area contributed by atoms with E-state index in [-0.39, 0.29) is 24.4 Å². The predicted octanol–water partition coefficient (Wildman–Crippen LogP) is 6.48. The van der Waals surface area contributed by atoms with E-state index in [4.69, 9.17) is 4.74 Å². The second-order valence-corrected chi connectivity index (χ2v) is 11.2. The zero-order chi connectivity index (χ0) is 25.7. The van der Waals surface area contributed by atoms with E-state index in [0.29, 0.717) is 22.2 Å². The Hall–Kier alpha value is -3.10. The van der Waals surface area contributed by atoms with E-state index >= 15 is 0 Å². The van der Waals surface area contributed by atoms with E-state index in [1.807, 2.05) is 54.6 Å². The lowest BCUT2D eigenvalue weighted by Crippen LogP contribution is -2.20. The maximum absolute atomic E-state index is 13.7. The summed E-state index contributed by atoms with van der Waals surface area (Å²) in [6.45, 7) is 5.74. The second kappa shape index (κ2) is 11.8. The third-order valence-corrected chi connectivity index (χ3v) is 8.39. The Morgan fingerprint density at radius 3 is 2.61 bits per heavy atom. The third kappa shape index (κ3) is 6.17. The van der Waals surface area contributed by atoms with Crippen molar-refractivity contribution in [3.05, 3.63) is 76.2 Å². The molecule has 0 spiro atoms. The summed E-state index contributed by atoms with van der Waals surface area (Å²) in [5, 5.41) is 5.86. The Morgan fingerprint density at radius 2 is 1.89 bits per heavy atom. The van der Waals surface area contributed by atoms with Crippen LogP contribution in [0.3, 0.4) is 0 Å². The van der Waals surface area contributed by atoms with Gasteiger partial charge in [0.15, 0.2) is 0 Å². The molecular formula is C28H30N2O4S2. The van der Waals surface area contributed by atoms with Crippen LogP contribution in [-0.4, -0.2) is 24.4 Å². The molecule has 8 heteroatoms. The van der Waals surface area contributed by atoms with Crippen LogP contribution in [0, 0.1) is 5.92 Å². The minimum absolute atomic E-state index is 0.156. The number of ether oxygens (including phenoxy) is 1. The summed E-state index contributed by atoms with van der Waals surface area (Å²) in [5.74, 6) is -0.213. The Morgan fingerprint density at radius 1 is 1.11 bits per heavy atom. The van der Waals surface area contributed by atoms with Crippen molar-refractivity contribution in [3.63, 3.8) is 0 Å². The molecule has 1 heterocycles. The van der Waals surface area contributed by atoms with E-state index in [9.17, 15) is 14.4 Å². The summed E-state index contributed by atoms with van der Waals surface area (Å²) in [7, 11) is 0. The van der Waals surface area contributed by atoms with Gasteiger partial charge in [0.25, 0.3) is 0 Å². The Balaban J connectivity index is 1.66. The maximum atomic E-state index is 13.7. The van der Waals surface area contributed by atoms with Crippen LogP contribution < -0.4 is 10.6 Å². The average molecular weight is 523 g/mol. The quantitative estimate of drug-likeness (QED) is 0.261. The van der Waals surface area contributed by atoms with Crippen molar-refractivity contribution >= 4 is 51.6 Å². The Kier molecular flexibility index (Phi) is 8.48. The molecule has 188 valence electrons. The molecule has 2 unspecified atom stereocenters.